The molecule has 3 N–H and O–H groups in total. The van der Waals surface area contributed by atoms with Crippen LogP contribution in [0.1, 0.15) is 89.9 Å². The summed E-state index contributed by atoms with van der Waals surface area (Å²) in [4.78, 5) is 54.5. The summed E-state index contributed by atoms with van der Waals surface area (Å²) >= 11 is 3.01. The molecule has 6 rings (SSSR count). The Morgan fingerprint density at radius 1 is 1.00 bits per heavy atom. The van der Waals surface area contributed by atoms with E-state index < -0.39 is 41.1 Å². The number of thiazole rings is 2. The fourth-order valence-electron chi connectivity index (χ4n) is 7.50. The average Bonchev–Trinajstić information content (AvgIpc) is 3.99. The van der Waals surface area contributed by atoms with Crippen LogP contribution in [0.2, 0.25) is 0 Å². The van der Waals surface area contributed by atoms with Gasteiger partial charge in [-0.3, -0.25) is 14.4 Å². The highest BCUT2D eigenvalue weighted by atomic mass is 32.1. The summed E-state index contributed by atoms with van der Waals surface area (Å²) in [6.07, 6.45) is 2.93. The predicted molar refractivity (Wildman–Crippen MR) is 230 cm³/mol. The van der Waals surface area contributed by atoms with E-state index >= 15 is 0 Å². The molecular formula is C44H56F2N6O6S2. The van der Waals surface area contributed by atoms with Crippen LogP contribution >= 0.6 is 22.7 Å². The van der Waals surface area contributed by atoms with Gasteiger partial charge in [-0.05, 0) is 55.4 Å². The van der Waals surface area contributed by atoms with Gasteiger partial charge in [0.05, 0.1) is 53.7 Å². The van der Waals surface area contributed by atoms with E-state index in [1.54, 1.807) is 11.3 Å². The number of aryl methyl sites for hydroxylation is 1. The van der Waals surface area contributed by atoms with E-state index in [1.165, 1.54) is 22.3 Å². The molecule has 0 aliphatic carbocycles. The minimum atomic E-state index is -1.04. The van der Waals surface area contributed by atoms with Gasteiger partial charge in [-0.25, -0.2) is 14.4 Å². The van der Waals surface area contributed by atoms with Crippen LogP contribution in [0.15, 0.2) is 47.3 Å². The summed E-state index contributed by atoms with van der Waals surface area (Å²) in [5.74, 6) is -3.22. The smallest absolute Gasteiger partial charge is 0.246 e. The maximum Gasteiger partial charge on any atom is 0.246 e. The summed E-state index contributed by atoms with van der Waals surface area (Å²) < 4.78 is 40.4. The minimum absolute atomic E-state index is 0.00570. The van der Waals surface area contributed by atoms with Crippen molar-refractivity contribution in [2.75, 3.05) is 44.4 Å². The summed E-state index contributed by atoms with van der Waals surface area (Å²) in [6.45, 7) is 12.3. The van der Waals surface area contributed by atoms with Crippen molar-refractivity contribution in [1.82, 2.24) is 25.5 Å². The number of aliphatic hydroxyl groups excluding tert-OH is 1. The zero-order chi connectivity index (χ0) is 43.0. The Hall–Kier alpha value is -4.51. The molecule has 2 saturated heterocycles. The van der Waals surface area contributed by atoms with E-state index in [-0.39, 0.29) is 49.6 Å². The summed E-state index contributed by atoms with van der Waals surface area (Å²) in [6, 6.07) is 8.36. The van der Waals surface area contributed by atoms with Gasteiger partial charge in [0.2, 0.25) is 23.5 Å². The molecule has 324 valence electrons. The highest BCUT2D eigenvalue weighted by Crippen LogP contribution is 2.37. The van der Waals surface area contributed by atoms with Crippen LogP contribution in [0, 0.1) is 24.0 Å². The molecule has 2 unspecified atom stereocenters. The number of unbranched alkanes of at least 4 members (excludes halogenated alkanes) is 4. The number of carbonyl (C=O) groups excluding carboxylic acids is 3. The first-order chi connectivity index (χ1) is 28.7. The predicted octanol–water partition coefficient (Wildman–Crippen LogP) is 7.45. The maximum atomic E-state index is 14.9. The number of morpholine rings is 1. The van der Waals surface area contributed by atoms with Gasteiger partial charge in [0.25, 0.3) is 0 Å². The van der Waals surface area contributed by atoms with Crippen LogP contribution in [-0.4, -0.2) is 95.3 Å². The summed E-state index contributed by atoms with van der Waals surface area (Å²) in [5, 5.41) is 19.2. The van der Waals surface area contributed by atoms with Gasteiger partial charge >= 0.3 is 0 Å². The molecule has 2 aromatic heterocycles. The molecule has 2 aliphatic heterocycles. The van der Waals surface area contributed by atoms with Crippen molar-refractivity contribution >= 4 is 45.5 Å². The van der Waals surface area contributed by atoms with Gasteiger partial charge < -0.3 is 35.0 Å². The van der Waals surface area contributed by atoms with Crippen molar-refractivity contribution < 1.29 is 37.7 Å². The van der Waals surface area contributed by atoms with Gasteiger partial charge in [0.1, 0.15) is 12.1 Å². The number of rotatable bonds is 17. The van der Waals surface area contributed by atoms with Crippen molar-refractivity contribution in [3.63, 3.8) is 0 Å². The number of benzene rings is 2. The molecule has 16 heteroatoms. The first kappa shape index (κ1) is 45.0. The first-order valence-corrected chi connectivity index (χ1v) is 22.4. The van der Waals surface area contributed by atoms with Gasteiger partial charge in [-0.2, -0.15) is 4.39 Å². The first-order valence-electron chi connectivity index (χ1n) is 20.7. The fraction of sp³-hybridized carbons (Fsp3) is 0.523. The highest BCUT2D eigenvalue weighted by molar-refractivity contribution is 7.14. The van der Waals surface area contributed by atoms with Gasteiger partial charge in [0.15, 0.2) is 16.7 Å². The van der Waals surface area contributed by atoms with Crippen molar-refractivity contribution in [2.45, 2.75) is 104 Å². The van der Waals surface area contributed by atoms with Crippen LogP contribution in [0.25, 0.3) is 21.7 Å². The topological polar surface area (TPSA) is 146 Å². The Balaban J connectivity index is 0.946. The SMILES string of the molecule is Cc1ncsc1-c1ccc(C(C)NC(=O)[C@@H]2C[C@@H](O)CN2C(=O)C(NC(=O)CCCCCCCOc2c(-c3csc(N4CCOCC4)n3)ccc(F)c2F)C(C)(C)C)cc1. The van der Waals surface area contributed by atoms with Crippen molar-refractivity contribution in [1.29, 1.82) is 0 Å². The number of amides is 3. The molecule has 2 aromatic carbocycles. The molecule has 2 fully saturated rings. The van der Waals surface area contributed by atoms with Crippen molar-refractivity contribution in [2.24, 2.45) is 5.41 Å². The van der Waals surface area contributed by atoms with Gasteiger partial charge in [-0.15, -0.1) is 22.7 Å². The van der Waals surface area contributed by atoms with E-state index in [9.17, 15) is 28.3 Å². The molecule has 4 aromatic rings. The lowest BCUT2D eigenvalue weighted by atomic mass is 9.85. The lowest BCUT2D eigenvalue weighted by Crippen LogP contribution is -2.57. The molecule has 0 saturated carbocycles. The summed E-state index contributed by atoms with van der Waals surface area (Å²) in [5.41, 5.74) is 4.98. The standard InChI is InChI=1S/C44H56F2N6O6S2/c1-27(29-12-14-30(15-13-29)39-28(2)47-26-60-39)48-41(55)35-23-31(53)24-52(35)42(56)40(44(3,4)5)50-36(54)11-9-7-6-8-10-20-58-38-32(16-17-33(45)37(38)46)34-25-59-43(49-34)51-18-21-57-22-19-51/h12-17,25-27,31,35,40,53H,6-11,18-24H2,1-5H3,(H,48,55)(H,50,54)/t27?,31-,35+,40?/m1/s1. The van der Waals surface area contributed by atoms with E-state index in [1.807, 2.05) is 69.8 Å². The molecular weight excluding hydrogens is 811 g/mol. The third-order valence-corrected chi connectivity index (χ3v) is 12.8. The normalized spacial score (nSPS) is 18.0. The number of nitrogens with one attached hydrogen (secondary N) is 2. The third kappa shape index (κ3) is 11.2. The van der Waals surface area contributed by atoms with Crippen molar-refractivity contribution in [3.05, 3.63) is 70.2 Å². The maximum absolute atomic E-state index is 14.9. The third-order valence-electron chi connectivity index (χ3n) is 11.0. The lowest BCUT2D eigenvalue weighted by molar-refractivity contribution is -0.144. The molecule has 12 nitrogen and oxygen atoms in total. The zero-order valence-electron chi connectivity index (χ0n) is 35.0. The molecule has 60 heavy (non-hydrogen) atoms. The zero-order valence-corrected chi connectivity index (χ0v) is 36.6. The van der Waals surface area contributed by atoms with Crippen LogP contribution in [0.4, 0.5) is 13.9 Å². The number of aromatic nitrogens is 2. The molecule has 0 radical (unpaired) electrons. The summed E-state index contributed by atoms with van der Waals surface area (Å²) in [7, 11) is 0. The number of hydrogen-bond acceptors (Lipinski definition) is 11. The van der Waals surface area contributed by atoms with Crippen molar-refractivity contribution in [3.8, 4) is 27.4 Å². The number of aliphatic hydroxyl groups is 1. The second kappa shape index (κ2) is 20.4. The second-order valence-electron chi connectivity index (χ2n) is 16.6. The van der Waals surface area contributed by atoms with Crippen LogP contribution in [0.3, 0.4) is 0 Å². The highest BCUT2D eigenvalue weighted by Gasteiger charge is 2.44. The van der Waals surface area contributed by atoms with Crippen LogP contribution in [0.5, 0.6) is 5.75 Å². The Kier molecular flexibility index (Phi) is 15.3. The van der Waals surface area contributed by atoms with Crippen LogP contribution in [-0.2, 0) is 19.1 Å². The molecule has 3 amide bonds. The van der Waals surface area contributed by atoms with E-state index in [0.717, 1.165) is 65.2 Å². The van der Waals surface area contributed by atoms with Gasteiger partial charge in [0, 0.05) is 43.4 Å². The average molecular weight is 867 g/mol. The molecule has 4 heterocycles. The van der Waals surface area contributed by atoms with Crippen LogP contribution < -0.4 is 20.3 Å². The largest absolute Gasteiger partial charge is 0.490 e. The number of anilines is 1. The number of β-amino-alcohol motifs (C(OH)–C–C–N with tert-alkyl or cyclic N) is 1. The quantitative estimate of drug-likeness (QED) is 0.0922. The number of halogens is 2. The number of carbonyl (C=O) groups is 3. The second-order valence-corrected chi connectivity index (χ2v) is 18.3. The Bertz CT molecular complexity index is 2080. The van der Waals surface area contributed by atoms with E-state index in [4.69, 9.17) is 9.47 Å². The number of nitrogens with zero attached hydrogens (tertiary/aromatic N) is 4. The number of hydrogen-bond donors (Lipinski definition) is 3. The van der Waals surface area contributed by atoms with E-state index in [0.29, 0.717) is 37.3 Å². The Labute approximate surface area is 358 Å². The number of likely N-dealkylation sites (tertiary alicyclic amines) is 1. The monoisotopic (exact) mass is 866 g/mol. The minimum Gasteiger partial charge on any atom is -0.490 e. The molecule has 0 bridgehead atoms. The number of ether oxygens (including phenoxy) is 2. The van der Waals surface area contributed by atoms with Gasteiger partial charge in [-0.1, -0.05) is 64.3 Å². The molecule has 0 spiro atoms. The fourth-order valence-corrected chi connectivity index (χ4v) is 9.19. The Morgan fingerprint density at radius 3 is 2.42 bits per heavy atom. The van der Waals surface area contributed by atoms with E-state index in [2.05, 4.69) is 25.5 Å². The lowest BCUT2D eigenvalue weighted by Gasteiger charge is -2.35. The Morgan fingerprint density at radius 2 is 1.72 bits per heavy atom. The molecule has 2 aliphatic rings. The molecule has 4 atom stereocenters.